The fourth-order valence-corrected chi connectivity index (χ4v) is 2.50. The number of methoxy groups -OCH3 is 1. The Labute approximate surface area is 134 Å². The molecule has 0 saturated carbocycles. The van der Waals surface area contributed by atoms with Gasteiger partial charge in [-0.05, 0) is 30.2 Å². The lowest BCUT2D eigenvalue weighted by molar-refractivity contribution is -0.146. The second-order valence-corrected chi connectivity index (χ2v) is 5.67. The van der Waals surface area contributed by atoms with Gasteiger partial charge in [-0.25, -0.2) is 0 Å². The molecule has 1 atom stereocenters. The van der Waals surface area contributed by atoms with Gasteiger partial charge in [0, 0.05) is 35.1 Å². The summed E-state index contributed by atoms with van der Waals surface area (Å²) in [5.41, 5.74) is 2.11. The first-order valence-electron chi connectivity index (χ1n) is 7.11. The number of esters is 1. The van der Waals surface area contributed by atoms with Crippen LogP contribution in [0.3, 0.4) is 0 Å². The lowest BCUT2D eigenvalue weighted by Gasteiger charge is -2.09. The molecule has 0 fully saturated rings. The van der Waals surface area contributed by atoms with E-state index in [0.717, 1.165) is 16.5 Å². The van der Waals surface area contributed by atoms with Gasteiger partial charge in [-0.15, -0.1) is 0 Å². The van der Waals surface area contributed by atoms with Crippen molar-refractivity contribution >= 4 is 34.4 Å². The molecule has 1 unspecified atom stereocenters. The van der Waals surface area contributed by atoms with Crippen LogP contribution in [0.15, 0.2) is 24.4 Å². The van der Waals surface area contributed by atoms with E-state index < -0.39 is 5.92 Å². The summed E-state index contributed by atoms with van der Waals surface area (Å²) in [7, 11) is 1.32. The van der Waals surface area contributed by atoms with E-state index in [9.17, 15) is 9.59 Å². The third kappa shape index (κ3) is 4.01. The zero-order valence-corrected chi connectivity index (χ0v) is 13.4. The molecule has 0 saturated heterocycles. The average Bonchev–Trinajstić information content (AvgIpc) is 2.88. The van der Waals surface area contributed by atoms with Gasteiger partial charge in [0.15, 0.2) is 0 Å². The molecular formula is C16H19ClN2O3. The summed E-state index contributed by atoms with van der Waals surface area (Å²) in [6.45, 7) is 2.18. The third-order valence-corrected chi connectivity index (χ3v) is 3.78. The van der Waals surface area contributed by atoms with Crippen LogP contribution in [0.5, 0.6) is 0 Å². The van der Waals surface area contributed by atoms with Gasteiger partial charge < -0.3 is 15.0 Å². The van der Waals surface area contributed by atoms with E-state index in [1.807, 2.05) is 24.4 Å². The number of H-pyrrole nitrogens is 1. The third-order valence-electron chi connectivity index (χ3n) is 3.54. The first kappa shape index (κ1) is 16.4. The van der Waals surface area contributed by atoms with Crippen molar-refractivity contribution in [1.29, 1.82) is 0 Å². The van der Waals surface area contributed by atoms with E-state index in [1.165, 1.54) is 7.11 Å². The quantitative estimate of drug-likeness (QED) is 0.803. The summed E-state index contributed by atoms with van der Waals surface area (Å²) in [5, 5.41) is 4.56. The van der Waals surface area contributed by atoms with Crippen molar-refractivity contribution in [1.82, 2.24) is 10.3 Å². The van der Waals surface area contributed by atoms with Gasteiger partial charge in [-0.3, -0.25) is 9.59 Å². The minimum absolute atomic E-state index is 0.131. The molecule has 0 spiro atoms. The molecule has 118 valence electrons. The number of aromatic nitrogens is 1. The van der Waals surface area contributed by atoms with Gasteiger partial charge in [0.1, 0.15) is 0 Å². The summed E-state index contributed by atoms with van der Waals surface area (Å²) in [6, 6.07) is 5.67. The molecule has 0 bridgehead atoms. The maximum Gasteiger partial charge on any atom is 0.308 e. The van der Waals surface area contributed by atoms with Crippen LogP contribution in [0.2, 0.25) is 5.02 Å². The second-order valence-electron chi connectivity index (χ2n) is 5.23. The molecule has 1 heterocycles. The van der Waals surface area contributed by atoms with Gasteiger partial charge in [-0.1, -0.05) is 18.5 Å². The number of carbonyl (C=O) groups is 2. The molecular weight excluding hydrogens is 304 g/mol. The minimum atomic E-state index is -0.433. The van der Waals surface area contributed by atoms with Crippen molar-refractivity contribution in [2.24, 2.45) is 5.92 Å². The topological polar surface area (TPSA) is 71.2 Å². The predicted octanol–water partition coefficient (Wildman–Crippen LogP) is 2.68. The number of aromatic amines is 1. The highest BCUT2D eigenvalue weighted by Crippen LogP contribution is 2.22. The van der Waals surface area contributed by atoms with Gasteiger partial charge >= 0.3 is 5.97 Å². The predicted molar refractivity (Wildman–Crippen MR) is 85.8 cm³/mol. The van der Waals surface area contributed by atoms with Crippen LogP contribution in [0.1, 0.15) is 18.9 Å². The minimum Gasteiger partial charge on any atom is -0.469 e. The molecule has 0 aliphatic carbocycles. The number of rotatable bonds is 6. The zero-order valence-electron chi connectivity index (χ0n) is 12.6. The Hall–Kier alpha value is -2.01. The van der Waals surface area contributed by atoms with Crippen molar-refractivity contribution in [2.75, 3.05) is 13.7 Å². The van der Waals surface area contributed by atoms with Gasteiger partial charge in [-0.2, -0.15) is 0 Å². The fraction of sp³-hybridized carbons (Fsp3) is 0.375. The van der Waals surface area contributed by atoms with Gasteiger partial charge in [0.2, 0.25) is 5.91 Å². The SMILES string of the molecule is COC(=O)C(C)CC(=O)NCCc1c[nH]c2ccc(Cl)cc12. The molecule has 6 heteroatoms. The summed E-state index contributed by atoms with van der Waals surface area (Å²) in [4.78, 5) is 26.2. The van der Waals surface area contributed by atoms with Crippen LogP contribution in [0, 0.1) is 5.92 Å². The van der Waals surface area contributed by atoms with E-state index in [0.29, 0.717) is 18.0 Å². The van der Waals surface area contributed by atoms with Crippen LogP contribution < -0.4 is 5.32 Å². The first-order chi connectivity index (χ1) is 10.5. The van der Waals surface area contributed by atoms with Crippen LogP contribution in [-0.4, -0.2) is 30.5 Å². The van der Waals surface area contributed by atoms with Crippen molar-refractivity contribution in [3.05, 3.63) is 35.0 Å². The Kier molecular flexibility index (Phi) is 5.44. The van der Waals surface area contributed by atoms with Crippen LogP contribution in [0.4, 0.5) is 0 Å². The number of nitrogens with one attached hydrogen (secondary N) is 2. The molecule has 0 aliphatic heterocycles. The number of halogens is 1. The first-order valence-corrected chi connectivity index (χ1v) is 7.49. The van der Waals surface area contributed by atoms with E-state index >= 15 is 0 Å². The molecule has 0 aliphatic rings. The number of benzene rings is 1. The highest BCUT2D eigenvalue weighted by molar-refractivity contribution is 6.31. The summed E-state index contributed by atoms with van der Waals surface area (Å²) in [6.07, 6.45) is 2.75. The largest absolute Gasteiger partial charge is 0.469 e. The van der Waals surface area contributed by atoms with E-state index in [-0.39, 0.29) is 18.3 Å². The van der Waals surface area contributed by atoms with Crippen molar-refractivity contribution in [3.8, 4) is 0 Å². The summed E-state index contributed by atoms with van der Waals surface area (Å²) in [5.74, 6) is -0.964. The molecule has 0 radical (unpaired) electrons. The molecule has 1 amide bonds. The fourth-order valence-electron chi connectivity index (χ4n) is 2.33. The maximum atomic E-state index is 11.8. The summed E-state index contributed by atoms with van der Waals surface area (Å²) < 4.78 is 4.60. The number of hydrogen-bond donors (Lipinski definition) is 2. The maximum absolute atomic E-state index is 11.8. The van der Waals surface area contributed by atoms with Crippen LogP contribution in [0.25, 0.3) is 10.9 Å². The van der Waals surface area contributed by atoms with E-state index in [2.05, 4.69) is 15.0 Å². The van der Waals surface area contributed by atoms with Crippen LogP contribution >= 0.6 is 11.6 Å². The Morgan fingerprint density at radius 1 is 1.41 bits per heavy atom. The number of ether oxygens (including phenoxy) is 1. The van der Waals surface area contributed by atoms with E-state index in [1.54, 1.807) is 6.92 Å². The molecule has 2 rings (SSSR count). The normalized spacial score (nSPS) is 12.1. The number of amides is 1. The van der Waals surface area contributed by atoms with Gasteiger partial charge in [0.25, 0.3) is 0 Å². The van der Waals surface area contributed by atoms with E-state index in [4.69, 9.17) is 11.6 Å². The molecule has 1 aromatic heterocycles. The Bertz CT molecular complexity index is 681. The number of hydrogen-bond acceptors (Lipinski definition) is 3. The van der Waals surface area contributed by atoms with Crippen molar-refractivity contribution in [2.45, 2.75) is 19.8 Å². The number of carbonyl (C=O) groups excluding carboxylic acids is 2. The Balaban J connectivity index is 1.86. The van der Waals surface area contributed by atoms with Crippen molar-refractivity contribution in [3.63, 3.8) is 0 Å². The second kappa shape index (κ2) is 7.31. The van der Waals surface area contributed by atoms with Crippen LogP contribution in [-0.2, 0) is 20.7 Å². The molecule has 5 nitrogen and oxygen atoms in total. The highest BCUT2D eigenvalue weighted by Gasteiger charge is 2.17. The summed E-state index contributed by atoms with van der Waals surface area (Å²) >= 11 is 6.01. The zero-order chi connectivity index (χ0) is 16.1. The lowest BCUT2D eigenvalue weighted by Crippen LogP contribution is -2.29. The molecule has 1 aromatic carbocycles. The van der Waals surface area contributed by atoms with Gasteiger partial charge in [0.05, 0.1) is 13.0 Å². The number of fused-ring (bicyclic) bond motifs is 1. The average molecular weight is 323 g/mol. The molecule has 22 heavy (non-hydrogen) atoms. The lowest BCUT2D eigenvalue weighted by atomic mass is 10.1. The smallest absolute Gasteiger partial charge is 0.308 e. The molecule has 2 aromatic rings. The van der Waals surface area contributed by atoms with Crippen molar-refractivity contribution < 1.29 is 14.3 Å². The highest BCUT2D eigenvalue weighted by atomic mass is 35.5. The Morgan fingerprint density at radius 3 is 2.91 bits per heavy atom. The monoisotopic (exact) mass is 322 g/mol. The standard InChI is InChI=1S/C16H19ClN2O3/c1-10(16(21)22-2)7-15(20)18-6-5-11-9-19-14-4-3-12(17)8-13(11)14/h3-4,8-10,19H,5-7H2,1-2H3,(H,18,20). The molecule has 2 N–H and O–H groups in total. The Morgan fingerprint density at radius 2 is 2.18 bits per heavy atom.